The fraction of sp³-hybridized carbons (Fsp3) is 1.00. The summed E-state index contributed by atoms with van der Waals surface area (Å²) in [6, 6.07) is 1.40. The highest BCUT2D eigenvalue weighted by molar-refractivity contribution is 5.00. The van der Waals surface area contributed by atoms with Crippen LogP contribution < -0.4 is 5.32 Å². The van der Waals surface area contributed by atoms with Crippen molar-refractivity contribution in [1.82, 2.24) is 10.2 Å². The second-order valence-electron chi connectivity index (χ2n) is 5.60. The van der Waals surface area contributed by atoms with Gasteiger partial charge >= 0.3 is 0 Å². The minimum absolute atomic E-state index is 0.462. The lowest BCUT2D eigenvalue weighted by molar-refractivity contribution is 0.177. The summed E-state index contributed by atoms with van der Waals surface area (Å²) >= 11 is 0. The van der Waals surface area contributed by atoms with Crippen LogP contribution in [-0.4, -0.2) is 37.1 Å². The molecular weight excluding hydrogens is 184 g/mol. The van der Waals surface area contributed by atoms with E-state index in [-0.39, 0.29) is 0 Å². The molecule has 0 aromatic rings. The van der Waals surface area contributed by atoms with Crippen molar-refractivity contribution < 1.29 is 0 Å². The maximum atomic E-state index is 3.75. The third kappa shape index (κ3) is 2.94. The molecule has 0 aromatic heterocycles. The zero-order valence-corrected chi connectivity index (χ0v) is 11.1. The molecule has 2 unspecified atom stereocenters. The number of likely N-dealkylation sites (N-methyl/N-ethyl adjacent to an activating group) is 1. The molecule has 2 atom stereocenters. The molecule has 1 fully saturated rings. The molecule has 0 spiro atoms. The Bertz CT molecular complexity index is 189. The fourth-order valence-electron chi connectivity index (χ4n) is 2.78. The normalized spacial score (nSPS) is 30.0. The van der Waals surface area contributed by atoms with Crippen molar-refractivity contribution in [2.45, 2.75) is 59.0 Å². The first kappa shape index (κ1) is 13.0. The Morgan fingerprint density at radius 3 is 2.53 bits per heavy atom. The first-order valence-electron chi connectivity index (χ1n) is 6.46. The van der Waals surface area contributed by atoms with Gasteiger partial charge in [-0.3, -0.25) is 0 Å². The lowest BCUT2D eigenvalue weighted by Crippen LogP contribution is -2.50. The van der Waals surface area contributed by atoms with Crippen molar-refractivity contribution in [3.63, 3.8) is 0 Å². The van der Waals surface area contributed by atoms with E-state index in [0.29, 0.717) is 11.5 Å². The fourth-order valence-corrected chi connectivity index (χ4v) is 2.78. The molecule has 2 heteroatoms. The van der Waals surface area contributed by atoms with Crippen molar-refractivity contribution in [2.24, 2.45) is 5.41 Å². The van der Waals surface area contributed by atoms with Crippen LogP contribution >= 0.6 is 0 Å². The molecule has 0 amide bonds. The molecule has 1 aliphatic rings. The molecule has 0 aliphatic heterocycles. The van der Waals surface area contributed by atoms with Gasteiger partial charge in [-0.05, 0) is 44.8 Å². The van der Waals surface area contributed by atoms with Gasteiger partial charge in [-0.2, -0.15) is 0 Å². The lowest BCUT2D eigenvalue weighted by atomic mass is 9.86. The zero-order chi connectivity index (χ0) is 11.5. The number of hydrogen-bond donors (Lipinski definition) is 1. The van der Waals surface area contributed by atoms with Crippen LogP contribution in [0.15, 0.2) is 0 Å². The predicted molar refractivity (Wildman–Crippen MR) is 67.2 cm³/mol. The molecule has 90 valence electrons. The van der Waals surface area contributed by atoms with Crippen molar-refractivity contribution in [2.75, 3.05) is 20.1 Å². The van der Waals surface area contributed by atoms with Gasteiger partial charge in [-0.1, -0.05) is 27.7 Å². The van der Waals surface area contributed by atoms with E-state index in [4.69, 9.17) is 0 Å². The van der Waals surface area contributed by atoms with Gasteiger partial charge in [0.05, 0.1) is 0 Å². The molecular formula is C13H28N2. The molecule has 0 heterocycles. The van der Waals surface area contributed by atoms with E-state index in [1.807, 2.05) is 0 Å². The van der Waals surface area contributed by atoms with E-state index >= 15 is 0 Å². The summed E-state index contributed by atoms with van der Waals surface area (Å²) in [5.41, 5.74) is 0.462. The Kier molecular flexibility index (Phi) is 4.60. The molecule has 0 bridgehead atoms. The highest BCUT2D eigenvalue weighted by atomic mass is 15.2. The van der Waals surface area contributed by atoms with Crippen molar-refractivity contribution in [3.05, 3.63) is 0 Å². The van der Waals surface area contributed by atoms with Gasteiger partial charge in [-0.25, -0.2) is 0 Å². The van der Waals surface area contributed by atoms with E-state index in [1.165, 1.54) is 19.3 Å². The summed E-state index contributed by atoms with van der Waals surface area (Å²) in [7, 11) is 2.26. The molecule has 15 heavy (non-hydrogen) atoms. The van der Waals surface area contributed by atoms with Gasteiger partial charge in [-0.15, -0.1) is 0 Å². The quantitative estimate of drug-likeness (QED) is 0.753. The molecule has 1 N–H and O–H groups in total. The number of nitrogens with zero attached hydrogens (tertiary/aromatic N) is 1. The minimum atomic E-state index is 0.462. The molecule has 0 saturated heterocycles. The maximum absolute atomic E-state index is 3.75. The van der Waals surface area contributed by atoms with Gasteiger partial charge in [0.1, 0.15) is 0 Å². The van der Waals surface area contributed by atoms with Crippen molar-refractivity contribution in [1.29, 1.82) is 0 Å². The number of nitrogens with one attached hydrogen (secondary N) is 1. The SMILES string of the molecule is CCCNC1C(N(C)CC)CCC1(C)C. The average molecular weight is 212 g/mol. The molecule has 1 aliphatic carbocycles. The third-order valence-corrected chi connectivity index (χ3v) is 3.99. The largest absolute Gasteiger partial charge is 0.312 e. The Hall–Kier alpha value is -0.0800. The Morgan fingerprint density at radius 2 is 2.00 bits per heavy atom. The van der Waals surface area contributed by atoms with Crippen molar-refractivity contribution in [3.8, 4) is 0 Å². The van der Waals surface area contributed by atoms with Crippen LogP contribution in [-0.2, 0) is 0 Å². The summed E-state index contributed by atoms with van der Waals surface area (Å²) in [5, 5.41) is 3.75. The molecule has 0 radical (unpaired) electrons. The molecule has 1 saturated carbocycles. The van der Waals surface area contributed by atoms with Crippen LogP contribution in [0.4, 0.5) is 0 Å². The van der Waals surface area contributed by atoms with Gasteiger partial charge in [0.25, 0.3) is 0 Å². The Morgan fingerprint density at radius 1 is 1.33 bits per heavy atom. The van der Waals surface area contributed by atoms with Crippen LogP contribution in [0.3, 0.4) is 0 Å². The number of rotatable bonds is 5. The highest BCUT2D eigenvalue weighted by Crippen LogP contribution is 2.39. The smallest absolute Gasteiger partial charge is 0.0274 e. The average Bonchev–Trinajstić information content (AvgIpc) is 2.50. The van der Waals surface area contributed by atoms with Gasteiger partial charge in [0.2, 0.25) is 0 Å². The second-order valence-corrected chi connectivity index (χ2v) is 5.60. The zero-order valence-electron chi connectivity index (χ0n) is 11.1. The van der Waals surface area contributed by atoms with Crippen LogP contribution in [0.2, 0.25) is 0 Å². The predicted octanol–water partition coefficient (Wildman–Crippen LogP) is 2.49. The van der Waals surface area contributed by atoms with Gasteiger partial charge in [0.15, 0.2) is 0 Å². The molecule has 1 rings (SSSR count). The van der Waals surface area contributed by atoms with Crippen LogP contribution in [0.5, 0.6) is 0 Å². The van der Waals surface area contributed by atoms with Crippen LogP contribution in [0.25, 0.3) is 0 Å². The summed E-state index contributed by atoms with van der Waals surface area (Å²) in [4.78, 5) is 2.50. The van der Waals surface area contributed by atoms with E-state index in [2.05, 4.69) is 45.0 Å². The topological polar surface area (TPSA) is 15.3 Å². The maximum Gasteiger partial charge on any atom is 0.0274 e. The second kappa shape index (κ2) is 5.31. The first-order chi connectivity index (χ1) is 7.03. The van der Waals surface area contributed by atoms with Gasteiger partial charge < -0.3 is 10.2 Å². The van der Waals surface area contributed by atoms with Gasteiger partial charge in [0, 0.05) is 12.1 Å². The van der Waals surface area contributed by atoms with Crippen molar-refractivity contribution >= 4 is 0 Å². The summed E-state index contributed by atoms with van der Waals surface area (Å²) < 4.78 is 0. The third-order valence-electron chi connectivity index (χ3n) is 3.99. The Balaban J connectivity index is 2.63. The van der Waals surface area contributed by atoms with E-state index < -0.39 is 0 Å². The van der Waals surface area contributed by atoms with E-state index in [1.54, 1.807) is 0 Å². The highest BCUT2D eigenvalue weighted by Gasteiger charge is 2.42. The molecule has 0 aromatic carbocycles. The first-order valence-corrected chi connectivity index (χ1v) is 6.46. The van der Waals surface area contributed by atoms with E-state index in [9.17, 15) is 0 Å². The van der Waals surface area contributed by atoms with Crippen LogP contribution in [0.1, 0.15) is 47.0 Å². The summed E-state index contributed by atoms with van der Waals surface area (Å²) in [5.74, 6) is 0. The standard InChI is InChI=1S/C13H28N2/c1-6-10-14-12-11(15(5)7-2)8-9-13(12,3)4/h11-12,14H,6-10H2,1-5H3. The lowest BCUT2D eigenvalue weighted by Gasteiger charge is -2.35. The summed E-state index contributed by atoms with van der Waals surface area (Å²) in [6.07, 6.45) is 3.93. The van der Waals surface area contributed by atoms with E-state index in [0.717, 1.165) is 19.1 Å². The minimum Gasteiger partial charge on any atom is -0.312 e. The molecule has 2 nitrogen and oxygen atoms in total. The van der Waals surface area contributed by atoms with Crippen LogP contribution in [0, 0.1) is 5.41 Å². The number of hydrogen-bond acceptors (Lipinski definition) is 2. The monoisotopic (exact) mass is 212 g/mol. The Labute approximate surface area is 95.4 Å². The summed E-state index contributed by atoms with van der Waals surface area (Å²) in [6.45, 7) is 11.6.